The number of amides is 1. The maximum absolute atomic E-state index is 13.0. The molecule has 1 amide bonds. The molecule has 0 atom stereocenters. The predicted molar refractivity (Wildman–Crippen MR) is 109 cm³/mol. The van der Waals surface area contributed by atoms with Gasteiger partial charge in [-0.25, -0.2) is 13.1 Å². The van der Waals surface area contributed by atoms with Crippen molar-refractivity contribution in [3.63, 3.8) is 0 Å². The quantitative estimate of drug-likeness (QED) is 0.778. The molecule has 1 saturated heterocycles. The zero-order chi connectivity index (χ0) is 20.4. The number of benzene rings is 1. The van der Waals surface area contributed by atoms with Gasteiger partial charge in [-0.2, -0.15) is 9.40 Å². The van der Waals surface area contributed by atoms with Gasteiger partial charge < -0.3 is 10.1 Å². The van der Waals surface area contributed by atoms with Crippen LogP contribution in [0.15, 0.2) is 35.4 Å². The third-order valence-electron chi connectivity index (χ3n) is 5.69. The number of ether oxygens (including phenoxy) is 1. The third kappa shape index (κ3) is 3.89. The lowest BCUT2D eigenvalue weighted by atomic mass is 10.2. The Bertz CT molecular complexity index is 990. The highest BCUT2D eigenvalue weighted by Crippen LogP contribution is 2.32. The molecular weight excluding hydrogens is 392 g/mol. The summed E-state index contributed by atoms with van der Waals surface area (Å²) in [5.41, 5.74) is 0.266. The van der Waals surface area contributed by atoms with E-state index in [1.807, 2.05) is 4.68 Å². The van der Waals surface area contributed by atoms with E-state index in [0.29, 0.717) is 24.9 Å². The minimum atomic E-state index is -3.71. The molecule has 9 heteroatoms. The minimum absolute atomic E-state index is 0.0267. The zero-order valence-corrected chi connectivity index (χ0v) is 17.3. The molecular formula is C20H26N4O4S. The molecule has 2 heterocycles. The largest absolute Gasteiger partial charge is 0.495 e. The fourth-order valence-corrected chi connectivity index (χ4v) is 5.83. The van der Waals surface area contributed by atoms with E-state index >= 15 is 0 Å². The Morgan fingerprint density at radius 2 is 1.86 bits per heavy atom. The summed E-state index contributed by atoms with van der Waals surface area (Å²) in [6, 6.07) is 6.57. The van der Waals surface area contributed by atoms with Gasteiger partial charge >= 0.3 is 0 Å². The van der Waals surface area contributed by atoms with Crippen LogP contribution in [0, 0.1) is 0 Å². The molecule has 1 aliphatic heterocycles. The lowest BCUT2D eigenvalue weighted by molar-refractivity contribution is 0.102. The Balaban J connectivity index is 1.61. The smallest absolute Gasteiger partial charge is 0.256 e. The molecule has 156 valence electrons. The van der Waals surface area contributed by atoms with Crippen LogP contribution < -0.4 is 10.1 Å². The van der Waals surface area contributed by atoms with Gasteiger partial charge in [0.15, 0.2) is 0 Å². The van der Waals surface area contributed by atoms with Gasteiger partial charge in [0.25, 0.3) is 5.91 Å². The van der Waals surface area contributed by atoms with Gasteiger partial charge in [0, 0.05) is 24.7 Å². The third-order valence-corrected chi connectivity index (χ3v) is 7.61. The fraction of sp³-hybridized carbons (Fsp3) is 0.500. The van der Waals surface area contributed by atoms with Crippen LogP contribution in [0.5, 0.6) is 5.75 Å². The average Bonchev–Trinajstić information content (AvgIpc) is 3.49. The molecule has 0 spiro atoms. The summed E-state index contributed by atoms with van der Waals surface area (Å²) >= 11 is 0. The first-order valence-corrected chi connectivity index (χ1v) is 11.5. The van der Waals surface area contributed by atoms with Crippen LogP contribution in [0.1, 0.15) is 54.9 Å². The topological polar surface area (TPSA) is 93.5 Å². The molecule has 2 aromatic rings. The fourth-order valence-electron chi connectivity index (χ4n) is 4.13. The van der Waals surface area contributed by atoms with Gasteiger partial charge in [0.2, 0.25) is 10.0 Å². The number of carbonyl (C=O) groups is 1. The van der Waals surface area contributed by atoms with Gasteiger partial charge in [0.05, 0.1) is 19.3 Å². The maximum atomic E-state index is 13.0. The van der Waals surface area contributed by atoms with Gasteiger partial charge in [-0.05, 0) is 43.9 Å². The van der Waals surface area contributed by atoms with Gasteiger partial charge in [0.1, 0.15) is 16.5 Å². The average molecular weight is 419 g/mol. The second kappa shape index (κ2) is 8.16. The van der Waals surface area contributed by atoms with E-state index in [4.69, 9.17) is 4.74 Å². The number of anilines is 1. The maximum Gasteiger partial charge on any atom is 0.256 e. The molecule has 4 rings (SSSR count). The summed E-state index contributed by atoms with van der Waals surface area (Å²) in [7, 11) is -2.28. The number of carbonyl (C=O) groups excluding carboxylic acids is 1. The highest BCUT2D eigenvalue weighted by atomic mass is 32.2. The number of methoxy groups -OCH3 is 1. The molecule has 1 saturated carbocycles. The summed E-state index contributed by atoms with van der Waals surface area (Å²) in [6.07, 6.45) is 7.77. The lowest BCUT2D eigenvalue weighted by Gasteiger charge is -2.18. The van der Waals surface area contributed by atoms with Gasteiger partial charge in [-0.3, -0.25) is 4.79 Å². The molecule has 0 unspecified atom stereocenters. The van der Waals surface area contributed by atoms with Crippen molar-refractivity contribution >= 4 is 21.7 Å². The van der Waals surface area contributed by atoms with Crippen LogP contribution >= 0.6 is 0 Å². The Morgan fingerprint density at radius 3 is 2.55 bits per heavy atom. The molecule has 1 aliphatic carbocycles. The van der Waals surface area contributed by atoms with Crippen LogP contribution in [-0.4, -0.2) is 48.6 Å². The molecule has 1 aromatic heterocycles. The van der Waals surface area contributed by atoms with Gasteiger partial charge in [-0.15, -0.1) is 0 Å². The van der Waals surface area contributed by atoms with E-state index in [2.05, 4.69) is 10.4 Å². The van der Waals surface area contributed by atoms with Crippen molar-refractivity contribution in [3.8, 4) is 5.75 Å². The van der Waals surface area contributed by atoms with E-state index < -0.39 is 10.0 Å². The normalized spacial score (nSPS) is 18.2. The SMILES string of the molecule is COc1ccc(C(=O)Nc2ccnn2C2CCCC2)cc1S(=O)(=O)N1CCCC1. The molecule has 0 bridgehead atoms. The van der Waals surface area contributed by atoms with Crippen LogP contribution in [-0.2, 0) is 10.0 Å². The first kappa shape index (κ1) is 19.9. The van der Waals surface area contributed by atoms with Crippen molar-refractivity contribution in [1.82, 2.24) is 14.1 Å². The second-order valence-corrected chi connectivity index (χ2v) is 9.44. The summed E-state index contributed by atoms with van der Waals surface area (Å²) < 4.78 is 34.6. The summed E-state index contributed by atoms with van der Waals surface area (Å²) in [6.45, 7) is 0.977. The van der Waals surface area contributed by atoms with Crippen molar-refractivity contribution in [2.24, 2.45) is 0 Å². The van der Waals surface area contributed by atoms with E-state index in [9.17, 15) is 13.2 Å². The van der Waals surface area contributed by atoms with Crippen molar-refractivity contribution in [1.29, 1.82) is 0 Å². The molecule has 1 N–H and O–H groups in total. The summed E-state index contributed by atoms with van der Waals surface area (Å²) in [5.74, 6) is 0.497. The van der Waals surface area contributed by atoms with Crippen molar-refractivity contribution in [3.05, 3.63) is 36.0 Å². The number of rotatable bonds is 6. The van der Waals surface area contributed by atoms with Crippen molar-refractivity contribution < 1.29 is 17.9 Å². The number of aromatic nitrogens is 2. The number of nitrogens with one attached hydrogen (secondary N) is 1. The number of hydrogen-bond acceptors (Lipinski definition) is 5. The summed E-state index contributed by atoms with van der Waals surface area (Å²) in [5, 5.41) is 7.24. The van der Waals surface area contributed by atoms with E-state index in [-0.39, 0.29) is 22.1 Å². The Morgan fingerprint density at radius 1 is 1.14 bits per heavy atom. The van der Waals surface area contributed by atoms with Crippen LogP contribution in [0.25, 0.3) is 0 Å². The monoisotopic (exact) mass is 418 g/mol. The molecule has 2 fully saturated rings. The molecule has 0 radical (unpaired) electrons. The lowest BCUT2D eigenvalue weighted by Crippen LogP contribution is -2.28. The van der Waals surface area contributed by atoms with Gasteiger partial charge in [-0.1, -0.05) is 12.8 Å². The highest BCUT2D eigenvalue weighted by molar-refractivity contribution is 7.89. The Labute approximate surface area is 170 Å². The first-order chi connectivity index (χ1) is 14.0. The Kier molecular flexibility index (Phi) is 5.60. The van der Waals surface area contributed by atoms with Crippen molar-refractivity contribution in [2.75, 3.05) is 25.5 Å². The van der Waals surface area contributed by atoms with Crippen LogP contribution in [0.3, 0.4) is 0 Å². The summed E-state index contributed by atoms with van der Waals surface area (Å²) in [4.78, 5) is 12.9. The molecule has 2 aliphatic rings. The number of sulfonamides is 1. The Hall–Kier alpha value is -2.39. The number of hydrogen-bond donors (Lipinski definition) is 1. The second-order valence-electron chi connectivity index (χ2n) is 7.53. The standard InChI is InChI=1S/C20H26N4O4S/c1-28-17-9-8-15(14-18(17)29(26,27)23-12-4-5-13-23)20(25)22-19-10-11-21-24(19)16-6-2-3-7-16/h8-11,14,16H,2-7,12-13H2,1H3,(H,22,25). The molecule has 8 nitrogen and oxygen atoms in total. The van der Waals surface area contributed by atoms with Crippen LogP contribution in [0.4, 0.5) is 5.82 Å². The van der Waals surface area contributed by atoms with E-state index in [1.165, 1.54) is 23.5 Å². The highest BCUT2D eigenvalue weighted by Gasteiger charge is 2.31. The first-order valence-electron chi connectivity index (χ1n) is 10.0. The predicted octanol–water partition coefficient (Wildman–Crippen LogP) is 3.04. The zero-order valence-electron chi connectivity index (χ0n) is 16.5. The van der Waals surface area contributed by atoms with Crippen molar-refractivity contribution in [2.45, 2.75) is 49.5 Å². The van der Waals surface area contributed by atoms with Crippen LogP contribution in [0.2, 0.25) is 0 Å². The van der Waals surface area contributed by atoms with E-state index in [1.54, 1.807) is 18.3 Å². The molecule has 29 heavy (non-hydrogen) atoms. The van der Waals surface area contributed by atoms with E-state index in [0.717, 1.165) is 38.5 Å². The number of nitrogens with zero attached hydrogens (tertiary/aromatic N) is 3. The minimum Gasteiger partial charge on any atom is -0.495 e. The molecule has 1 aromatic carbocycles.